The van der Waals surface area contributed by atoms with Gasteiger partial charge < -0.3 is 15.2 Å². The molecule has 3 nitrogen and oxygen atoms in total. The maximum absolute atomic E-state index is 6.11. The van der Waals surface area contributed by atoms with Gasteiger partial charge in [-0.3, -0.25) is 0 Å². The summed E-state index contributed by atoms with van der Waals surface area (Å²) in [6, 6.07) is 21.2. The van der Waals surface area contributed by atoms with Crippen molar-refractivity contribution in [3.8, 4) is 23.0 Å². The van der Waals surface area contributed by atoms with E-state index in [0.717, 1.165) is 22.6 Å². The molecule has 116 valence electrons. The first-order valence-corrected chi connectivity index (χ1v) is 7.50. The van der Waals surface area contributed by atoms with E-state index < -0.39 is 0 Å². The molecule has 0 aromatic heterocycles. The first-order chi connectivity index (χ1) is 11.1. The van der Waals surface area contributed by atoms with Gasteiger partial charge in [0, 0.05) is 6.07 Å². The van der Waals surface area contributed by atoms with E-state index in [-0.39, 0.29) is 0 Å². The Labute approximate surface area is 136 Å². The van der Waals surface area contributed by atoms with Crippen LogP contribution in [0.4, 0.5) is 5.69 Å². The molecule has 3 aromatic carbocycles. The third-order valence-corrected chi connectivity index (χ3v) is 3.62. The smallest absolute Gasteiger partial charge is 0.150 e. The molecule has 0 heterocycles. The molecular weight excluding hydrogens is 286 g/mol. The van der Waals surface area contributed by atoms with E-state index in [2.05, 4.69) is 0 Å². The molecule has 0 saturated heterocycles. The Morgan fingerprint density at radius 2 is 1.22 bits per heavy atom. The molecule has 0 aliphatic heterocycles. The van der Waals surface area contributed by atoms with Gasteiger partial charge in [0.2, 0.25) is 0 Å². The average Bonchev–Trinajstić information content (AvgIpc) is 2.54. The summed E-state index contributed by atoms with van der Waals surface area (Å²) in [5.41, 5.74) is 8.78. The van der Waals surface area contributed by atoms with Crippen molar-refractivity contribution in [3.05, 3.63) is 77.9 Å². The maximum atomic E-state index is 6.11. The van der Waals surface area contributed by atoms with Gasteiger partial charge in [-0.25, -0.2) is 0 Å². The van der Waals surface area contributed by atoms with Gasteiger partial charge in [-0.2, -0.15) is 0 Å². The van der Waals surface area contributed by atoms with Crippen molar-refractivity contribution in [2.75, 3.05) is 5.73 Å². The predicted octanol–water partition coefficient (Wildman–Crippen LogP) is 5.47. The first-order valence-electron chi connectivity index (χ1n) is 7.50. The zero-order chi connectivity index (χ0) is 16.2. The van der Waals surface area contributed by atoms with Crippen LogP contribution in [0.3, 0.4) is 0 Å². The predicted molar refractivity (Wildman–Crippen MR) is 93.4 cm³/mol. The van der Waals surface area contributed by atoms with Crippen LogP contribution < -0.4 is 15.2 Å². The fourth-order valence-corrected chi connectivity index (χ4v) is 2.27. The van der Waals surface area contributed by atoms with Crippen molar-refractivity contribution in [3.63, 3.8) is 0 Å². The van der Waals surface area contributed by atoms with Gasteiger partial charge in [-0.05, 0) is 49.2 Å². The highest BCUT2D eigenvalue weighted by molar-refractivity contribution is 5.58. The first kappa shape index (κ1) is 15.0. The molecule has 0 saturated carbocycles. The molecule has 0 unspecified atom stereocenters. The molecule has 0 amide bonds. The Balaban J connectivity index is 1.81. The van der Waals surface area contributed by atoms with Crippen LogP contribution in [0.5, 0.6) is 23.0 Å². The Bertz CT molecular complexity index is 827. The summed E-state index contributed by atoms with van der Waals surface area (Å²) in [5.74, 6) is 2.93. The number of ether oxygens (including phenoxy) is 2. The minimum absolute atomic E-state index is 0.541. The molecule has 23 heavy (non-hydrogen) atoms. The zero-order valence-electron chi connectivity index (χ0n) is 13.2. The van der Waals surface area contributed by atoms with Gasteiger partial charge in [0.1, 0.15) is 17.2 Å². The second-order valence-electron chi connectivity index (χ2n) is 5.43. The van der Waals surface area contributed by atoms with E-state index in [1.165, 1.54) is 0 Å². The molecule has 0 spiro atoms. The largest absolute Gasteiger partial charge is 0.457 e. The minimum atomic E-state index is 0.541. The number of nitrogen functional groups attached to an aromatic ring is 1. The summed E-state index contributed by atoms with van der Waals surface area (Å²) in [4.78, 5) is 0. The van der Waals surface area contributed by atoms with E-state index in [1.54, 1.807) is 6.07 Å². The zero-order valence-corrected chi connectivity index (χ0v) is 13.2. The summed E-state index contributed by atoms with van der Waals surface area (Å²) >= 11 is 0. The van der Waals surface area contributed by atoms with Crippen molar-refractivity contribution in [2.45, 2.75) is 13.8 Å². The van der Waals surface area contributed by atoms with E-state index >= 15 is 0 Å². The molecule has 0 aliphatic carbocycles. The van der Waals surface area contributed by atoms with Gasteiger partial charge in [-0.15, -0.1) is 0 Å². The maximum Gasteiger partial charge on any atom is 0.150 e. The topological polar surface area (TPSA) is 44.5 Å². The normalized spacial score (nSPS) is 10.3. The van der Waals surface area contributed by atoms with Gasteiger partial charge in [0.05, 0.1) is 5.69 Å². The molecule has 3 heteroatoms. The highest BCUT2D eigenvalue weighted by Gasteiger charge is 2.07. The van der Waals surface area contributed by atoms with Crippen molar-refractivity contribution in [1.29, 1.82) is 0 Å². The number of para-hydroxylation sites is 2. The molecule has 3 rings (SSSR count). The minimum Gasteiger partial charge on any atom is -0.457 e. The highest BCUT2D eigenvalue weighted by Crippen LogP contribution is 2.34. The van der Waals surface area contributed by atoms with E-state index in [0.29, 0.717) is 17.2 Å². The molecule has 0 fully saturated rings. The number of anilines is 1. The number of nitrogens with two attached hydrogens (primary N) is 1. The van der Waals surface area contributed by atoms with Gasteiger partial charge in [0.15, 0.2) is 5.75 Å². The van der Waals surface area contributed by atoms with Gasteiger partial charge >= 0.3 is 0 Å². The van der Waals surface area contributed by atoms with Gasteiger partial charge in [0.25, 0.3) is 0 Å². The van der Waals surface area contributed by atoms with E-state index in [4.69, 9.17) is 15.2 Å². The summed E-state index contributed by atoms with van der Waals surface area (Å²) in [6.07, 6.45) is 0. The molecule has 0 radical (unpaired) electrons. The van der Waals surface area contributed by atoms with Crippen molar-refractivity contribution in [2.24, 2.45) is 0 Å². The van der Waals surface area contributed by atoms with E-state index in [1.807, 2.05) is 74.5 Å². The van der Waals surface area contributed by atoms with Crippen LogP contribution in [0.25, 0.3) is 0 Å². The fraction of sp³-hybridized carbons (Fsp3) is 0.100. The quantitative estimate of drug-likeness (QED) is 0.650. The lowest BCUT2D eigenvalue weighted by molar-refractivity contribution is 0.468. The van der Waals surface area contributed by atoms with Crippen LogP contribution in [0.15, 0.2) is 66.7 Å². The highest BCUT2D eigenvalue weighted by atomic mass is 16.5. The SMILES string of the molecule is Cc1ccccc1Oc1ccc(Oc2ccccc2C)c(N)c1. The molecule has 0 bridgehead atoms. The van der Waals surface area contributed by atoms with Crippen LogP contribution >= 0.6 is 0 Å². The third kappa shape index (κ3) is 3.46. The lowest BCUT2D eigenvalue weighted by atomic mass is 10.2. The average molecular weight is 305 g/mol. The van der Waals surface area contributed by atoms with Crippen LogP contribution in [-0.4, -0.2) is 0 Å². The molecular formula is C20H19NO2. The molecule has 3 aromatic rings. The third-order valence-electron chi connectivity index (χ3n) is 3.62. The molecule has 0 atom stereocenters. The number of benzene rings is 3. The summed E-state index contributed by atoms with van der Waals surface area (Å²) in [5, 5.41) is 0. The lowest BCUT2D eigenvalue weighted by Gasteiger charge is -2.13. The second-order valence-corrected chi connectivity index (χ2v) is 5.43. The van der Waals surface area contributed by atoms with Crippen molar-refractivity contribution < 1.29 is 9.47 Å². The van der Waals surface area contributed by atoms with Gasteiger partial charge in [-0.1, -0.05) is 36.4 Å². The Kier molecular flexibility index (Phi) is 4.20. The summed E-state index contributed by atoms with van der Waals surface area (Å²) < 4.78 is 11.8. The summed E-state index contributed by atoms with van der Waals surface area (Å²) in [7, 11) is 0. The van der Waals surface area contributed by atoms with Crippen LogP contribution in [0, 0.1) is 13.8 Å². The monoisotopic (exact) mass is 305 g/mol. The standard InChI is InChI=1S/C20H19NO2/c1-14-7-3-5-9-18(14)22-16-11-12-20(17(21)13-16)23-19-10-6-4-8-15(19)2/h3-13H,21H2,1-2H3. The molecule has 2 N–H and O–H groups in total. The van der Waals surface area contributed by atoms with Crippen LogP contribution in [0.1, 0.15) is 11.1 Å². The number of hydrogen-bond acceptors (Lipinski definition) is 3. The number of aryl methyl sites for hydroxylation is 2. The Morgan fingerprint density at radius 3 is 1.78 bits per heavy atom. The number of rotatable bonds is 4. The van der Waals surface area contributed by atoms with Crippen molar-refractivity contribution >= 4 is 5.69 Å². The number of hydrogen-bond donors (Lipinski definition) is 1. The summed E-state index contributed by atoms with van der Waals surface area (Å²) in [6.45, 7) is 4.01. The Hall–Kier alpha value is -2.94. The van der Waals surface area contributed by atoms with Crippen LogP contribution in [-0.2, 0) is 0 Å². The van der Waals surface area contributed by atoms with E-state index in [9.17, 15) is 0 Å². The second kappa shape index (κ2) is 6.44. The Morgan fingerprint density at radius 1 is 0.652 bits per heavy atom. The van der Waals surface area contributed by atoms with Crippen LogP contribution in [0.2, 0.25) is 0 Å². The lowest BCUT2D eigenvalue weighted by Crippen LogP contribution is -1.95. The van der Waals surface area contributed by atoms with Crippen molar-refractivity contribution in [1.82, 2.24) is 0 Å². The molecule has 0 aliphatic rings. The fourth-order valence-electron chi connectivity index (χ4n) is 2.27.